The standard InChI is InChI=1S/C15H21NO/c1-2-12-11-6-14(13(12)3-1)15(7-11)16-8-10-4-5-17-9-10/h4-5,9,11-16H,1-3,6-8H2. The van der Waals surface area contributed by atoms with Crippen LogP contribution in [0, 0.1) is 23.7 Å². The minimum atomic E-state index is 0.786. The quantitative estimate of drug-likeness (QED) is 0.864. The highest BCUT2D eigenvalue weighted by atomic mass is 16.3. The highest BCUT2D eigenvalue weighted by Crippen LogP contribution is 2.58. The molecule has 0 aliphatic heterocycles. The van der Waals surface area contributed by atoms with Crippen LogP contribution in [0.15, 0.2) is 23.0 Å². The van der Waals surface area contributed by atoms with Crippen LogP contribution >= 0.6 is 0 Å². The predicted octanol–water partition coefficient (Wildman–Crippen LogP) is 3.19. The van der Waals surface area contributed by atoms with Crippen molar-refractivity contribution in [1.29, 1.82) is 0 Å². The van der Waals surface area contributed by atoms with Gasteiger partial charge in [0.25, 0.3) is 0 Å². The molecule has 2 bridgehead atoms. The highest BCUT2D eigenvalue weighted by molar-refractivity contribution is 5.08. The number of rotatable bonds is 3. The zero-order valence-electron chi connectivity index (χ0n) is 10.3. The summed E-state index contributed by atoms with van der Waals surface area (Å²) in [6.07, 6.45) is 11.1. The fraction of sp³-hybridized carbons (Fsp3) is 0.733. The van der Waals surface area contributed by atoms with Gasteiger partial charge in [-0.05, 0) is 55.4 Å². The number of hydrogen-bond acceptors (Lipinski definition) is 2. The van der Waals surface area contributed by atoms with Crippen LogP contribution in [0.5, 0.6) is 0 Å². The lowest BCUT2D eigenvalue weighted by Crippen LogP contribution is -2.38. The molecule has 92 valence electrons. The third-order valence-corrected chi connectivity index (χ3v) is 5.58. The molecule has 0 aromatic carbocycles. The van der Waals surface area contributed by atoms with E-state index in [1.807, 2.05) is 6.26 Å². The molecule has 2 heteroatoms. The lowest BCUT2D eigenvalue weighted by Gasteiger charge is -2.32. The Bertz CT molecular complexity index is 386. The van der Waals surface area contributed by atoms with Crippen molar-refractivity contribution in [2.75, 3.05) is 0 Å². The van der Waals surface area contributed by atoms with Crippen LogP contribution < -0.4 is 5.32 Å². The van der Waals surface area contributed by atoms with Gasteiger partial charge in [0.1, 0.15) is 0 Å². The molecule has 3 aliphatic rings. The zero-order valence-corrected chi connectivity index (χ0v) is 10.3. The lowest BCUT2D eigenvalue weighted by molar-refractivity contribution is 0.208. The third-order valence-electron chi connectivity index (χ3n) is 5.58. The first-order chi connectivity index (χ1) is 8.42. The van der Waals surface area contributed by atoms with Crippen LogP contribution in [-0.4, -0.2) is 6.04 Å². The Kier molecular flexibility index (Phi) is 2.32. The highest BCUT2D eigenvalue weighted by Gasteiger charge is 2.53. The molecule has 1 heterocycles. The van der Waals surface area contributed by atoms with Crippen LogP contribution in [0.2, 0.25) is 0 Å². The normalized spacial score (nSPS) is 43.2. The molecule has 3 saturated carbocycles. The summed E-state index contributed by atoms with van der Waals surface area (Å²) >= 11 is 0. The van der Waals surface area contributed by atoms with E-state index < -0.39 is 0 Å². The van der Waals surface area contributed by atoms with Crippen molar-refractivity contribution in [3.63, 3.8) is 0 Å². The predicted molar refractivity (Wildman–Crippen MR) is 66.4 cm³/mol. The van der Waals surface area contributed by atoms with Gasteiger partial charge < -0.3 is 9.73 Å². The van der Waals surface area contributed by atoms with Gasteiger partial charge in [-0.3, -0.25) is 0 Å². The molecule has 4 rings (SSSR count). The second kappa shape index (κ2) is 3.88. The molecular formula is C15H21NO. The van der Waals surface area contributed by atoms with Crippen molar-refractivity contribution in [2.45, 2.75) is 44.7 Å². The summed E-state index contributed by atoms with van der Waals surface area (Å²) in [5.41, 5.74) is 1.29. The molecule has 3 aliphatic carbocycles. The summed E-state index contributed by atoms with van der Waals surface area (Å²) in [7, 11) is 0. The molecule has 1 aromatic heterocycles. The summed E-state index contributed by atoms with van der Waals surface area (Å²) < 4.78 is 5.12. The van der Waals surface area contributed by atoms with E-state index in [9.17, 15) is 0 Å². The topological polar surface area (TPSA) is 25.2 Å². The third kappa shape index (κ3) is 1.57. The van der Waals surface area contributed by atoms with Crippen LogP contribution in [-0.2, 0) is 6.54 Å². The molecule has 17 heavy (non-hydrogen) atoms. The molecule has 0 saturated heterocycles. The molecule has 0 spiro atoms. The smallest absolute Gasteiger partial charge is 0.0947 e. The second-order valence-corrected chi connectivity index (χ2v) is 6.27. The van der Waals surface area contributed by atoms with Gasteiger partial charge in [0.15, 0.2) is 0 Å². The average molecular weight is 231 g/mol. The van der Waals surface area contributed by atoms with Crippen molar-refractivity contribution in [3.8, 4) is 0 Å². The number of nitrogens with one attached hydrogen (secondary N) is 1. The maximum atomic E-state index is 5.12. The SMILES string of the molecule is c1cc(CNC2CC3CC2C2CCCC32)co1. The van der Waals surface area contributed by atoms with Gasteiger partial charge in [0.05, 0.1) is 12.5 Å². The summed E-state index contributed by atoms with van der Waals surface area (Å²) in [5, 5.41) is 3.77. The number of fused-ring (bicyclic) bond motifs is 5. The molecule has 1 N–H and O–H groups in total. The van der Waals surface area contributed by atoms with Crippen LogP contribution in [0.3, 0.4) is 0 Å². The fourth-order valence-electron chi connectivity index (χ4n) is 4.94. The maximum absolute atomic E-state index is 5.12. The Morgan fingerprint density at radius 3 is 3.00 bits per heavy atom. The summed E-state index contributed by atoms with van der Waals surface area (Å²) in [6.45, 7) is 0.988. The molecule has 0 amide bonds. The average Bonchev–Trinajstić information content (AvgIpc) is 3.08. The second-order valence-electron chi connectivity index (χ2n) is 6.27. The van der Waals surface area contributed by atoms with Crippen LogP contribution in [0.4, 0.5) is 0 Å². The van der Waals surface area contributed by atoms with E-state index in [1.165, 1.54) is 37.7 Å². The first-order valence-electron chi connectivity index (χ1n) is 7.16. The van der Waals surface area contributed by atoms with Gasteiger partial charge in [-0.2, -0.15) is 0 Å². The van der Waals surface area contributed by atoms with E-state index in [0.29, 0.717) is 0 Å². The van der Waals surface area contributed by atoms with E-state index in [4.69, 9.17) is 4.42 Å². The summed E-state index contributed by atoms with van der Waals surface area (Å²) in [6, 6.07) is 2.85. The molecule has 1 aromatic rings. The minimum Gasteiger partial charge on any atom is -0.472 e. The Morgan fingerprint density at radius 2 is 2.12 bits per heavy atom. The Morgan fingerprint density at radius 1 is 1.18 bits per heavy atom. The van der Waals surface area contributed by atoms with Gasteiger partial charge in [-0.25, -0.2) is 0 Å². The number of hydrogen-bond donors (Lipinski definition) is 1. The lowest BCUT2D eigenvalue weighted by atomic mass is 9.79. The van der Waals surface area contributed by atoms with E-state index in [1.54, 1.807) is 6.26 Å². The molecule has 5 unspecified atom stereocenters. The Balaban J connectivity index is 1.41. The first kappa shape index (κ1) is 10.2. The molecule has 3 fully saturated rings. The zero-order chi connectivity index (χ0) is 11.2. The van der Waals surface area contributed by atoms with Gasteiger partial charge in [0, 0.05) is 18.2 Å². The van der Waals surface area contributed by atoms with E-state index >= 15 is 0 Å². The number of furan rings is 1. The Hall–Kier alpha value is -0.760. The summed E-state index contributed by atoms with van der Waals surface area (Å²) in [4.78, 5) is 0. The van der Waals surface area contributed by atoms with Crippen LogP contribution in [0.1, 0.15) is 37.7 Å². The molecule has 2 nitrogen and oxygen atoms in total. The van der Waals surface area contributed by atoms with Gasteiger partial charge in [-0.1, -0.05) is 6.42 Å². The van der Waals surface area contributed by atoms with Crippen molar-refractivity contribution in [1.82, 2.24) is 5.32 Å². The van der Waals surface area contributed by atoms with E-state index in [-0.39, 0.29) is 0 Å². The Labute approximate surface area is 103 Å². The van der Waals surface area contributed by atoms with Crippen molar-refractivity contribution in [3.05, 3.63) is 24.2 Å². The minimum absolute atomic E-state index is 0.786. The van der Waals surface area contributed by atoms with E-state index in [2.05, 4.69) is 11.4 Å². The van der Waals surface area contributed by atoms with Crippen molar-refractivity contribution in [2.24, 2.45) is 23.7 Å². The fourth-order valence-corrected chi connectivity index (χ4v) is 4.94. The van der Waals surface area contributed by atoms with Gasteiger partial charge in [-0.15, -0.1) is 0 Å². The maximum Gasteiger partial charge on any atom is 0.0947 e. The van der Waals surface area contributed by atoms with Gasteiger partial charge in [0.2, 0.25) is 0 Å². The molecule has 0 radical (unpaired) electrons. The van der Waals surface area contributed by atoms with Gasteiger partial charge >= 0.3 is 0 Å². The van der Waals surface area contributed by atoms with E-state index in [0.717, 1.165) is 36.3 Å². The van der Waals surface area contributed by atoms with Crippen molar-refractivity contribution < 1.29 is 4.42 Å². The van der Waals surface area contributed by atoms with Crippen LogP contribution in [0.25, 0.3) is 0 Å². The molecular weight excluding hydrogens is 210 g/mol. The first-order valence-corrected chi connectivity index (χ1v) is 7.16. The summed E-state index contributed by atoms with van der Waals surface area (Å²) in [5.74, 6) is 4.20. The largest absolute Gasteiger partial charge is 0.472 e. The molecule has 5 atom stereocenters. The monoisotopic (exact) mass is 231 g/mol. The van der Waals surface area contributed by atoms with Crippen molar-refractivity contribution >= 4 is 0 Å².